The minimum Gasteiger partial charge on any atom is -0.871 e. The van der Waals surface area contributed by atoms with E-state index >= 15 is 0 Å². The molecule has 3 aromatic heterocycles. The van der Waals surface area contributed by atoms with Crippen molar-refractivity contribution < 1.29 is 28.7 Å². The third-order valence-electron chi connectivity index (χ3n) is 8.54. The molecule has 2 aliphatic rings. The molecule has 19 nitrogen and oxygen atoms in total. The zero-order chi connectivity index (χ0) is 40.0. The predicted octanol–water partition coefficient (Wildman–Crippen LogP) is -0.271. The van der Waals surface area contributed by atoms with E-state index in [0.717, 1.165) is 22.9 Å². The van der Waals surface area contributed by atoms with Crippen molar-refractivity contribution in [2.24, 2.45) is 32.9 Å². The molecule has 0 saturated heterocycles. The predicted molar refractivity (Wildman–Crippen MR) is 214 cm³/mol. The maximum Gasteiger partial charge on any atom is 0.239 e. The number of guanidine groups is 2. The van der Waals surface area contributed by atoms with Crippen LogP contribution in [0.25, 0.3) is 5.57 Å². The van der Waals surface area contributed by atoms with Crippen molar-refractivity contribution >= 4 is 62.2 Å². The molecule has 300 valence electrons. The number of ether oxygens (including phenoxy) is 2. The zero-order valence-corrected chi connectivity index (χ0v) is 33.1. The van der Waals surface area contributed by atoms with Crippen molar-refractivity contribution in [1.82, 2.24) is 30.0 Å². The van der Waals surface area contributed by atoms with Crippen LogP contribution in [0.4, 0.5) is 5.00 Å². The molecule has 0 bridgehead atoms. The minimum absolute atomic E-state index is 0.0627. The molecule has 1 aliphatic carbocycles. The van der Waals surface area contributed by atoms with Crippen molar-refractivity contribution in [3.05, 3.63) is 69.2 Å². The van der Waals surface area contributed by atoms with Crippen molar-refractivity contribution in [1.29, 1.82) is 0 Å². The summed E-state index contributed by atoms with van der Waals surface area (Å²) in [4.78, 5) is 37.4. The Kier molecular flexibility index (Phi) is 15.3. The van der Waals surface area contributed by atoms with Crippen LogP contribution in [0.3, 0.4) is 0 Å². The molecule has 0 spiro atoms. The van der Waals surface area contributed by atoms with E-state index < -0.39 is 17.3 Å². The SMILES string of the molecule is CCN(CCOCc1cn(CCCN=C(N)N)nn1)c1ccc(C2=C([O-])C(=C3C=CC(=[N+](CC)CCOCc4cn(CCCN=C(N)N)nn4)S3)C(=O)C2=O)s1. The molecule has 5 rings (SSSR count). The van der Waals surface area contributed by atoms with E-state index in [9.17, 15) is 14.7 Å². The number of aliphatic imine (C=N–C) groups is 2. The van der Waals surface area contributed by atoms with E-state index in [-0.39, 0.29) is 23.1 Å². The van der Waals surface area contributed by atoms with E-state index in [2.05, 4.69) is 40.1 Å². The second-order valence-electron chi connectivity index (χ2n) is 12.5. The van der Waals surface area contributed by atoms with Gasteiger partial charge in [0.25, 0.3) is 0 Å². The molecule has 0 fully saturated rings. The van der Waals surface area contributed by atoms with Crippen LogP contribution in [0.15, 0.2) is 62.9 Å². The van der Waals surface area contributed by atoms with E-state index in [1.165, 1.54) is 23.1 Å². The number of nitrogens with two attached hydrogens (primary N) is 4. The molecule has 3 aromatic rings. The lowest BCUT2D eigenvalue weighted by molar-refractivity contribution is -0.524. The van der Waals surface area contributed by atoms with Crippen LogP contribution in [0.5, 0.6) is 0 Å². The maximum atomic E-state index is 13.7. The maximum absolute atomic E-state index is 13.7. The molecular weight excluding hydrogens is 761 g/mol. The standard InChI is InChI=1S/C35H48N14O5S2/c1-3-46(15-17-53-21-23-19-48(44-42-23)13-5-11-40-34(36)37)27-9-7-25(55-27)29-31(50)30(33(52)32(29)51)26-8-10-28(56-26)47(4-2)16-18-54-22-24-20-49(45-43-24)14-6-12-41-35(38)39/h7-10,19-20H,3-6,11-18,21-22H2,1-2H3,(H8-,36,37,38,39,40,41,50,51,52). The molecule has 0 aromatic carbocycles. The highest BCUT2D eigenvalue weighted by molar-refractivity contribution is 8.18. The second-order valence-corrected chi connectivity index (χ2v) is 14.7. The quantitative estimate of drug-likeness (QED) is 0.0254. The van der Waals surface area contributed by atoms with E-state index in [1.807, 2.05) is 38.4 Å². The van der Waals surface area contributed by atoms with Gasteiger partial charge in [-0.3, -0.25) is 28.9 Å². The number of carbonyl (C=O) groups is 2. The molecule has 8 N–H and O–H groups in total. The molecule has 1 aliphatic heterocycles. The van der Waals surface area contributed by atoms with Gasteiger partial charge >= 0.3 is 0 Å². The van der Waals surface area contributed by atoms with Crippen molar-refractivity contribution in [3.8, 4) is 0 Å². The summed E-state index contributed by atoms with van der Waals surface area (Å²) in [5.41, 5.74) is 22.7. The number of hydrogen-bond donors (Lipinski definition) is 4. The van der Waals surface area contributed by atoms with Gasteiger partial charge in [0.05, 0.1) is 37.2 Å². The number of ketones is 2. The Morgan fingerprint density at radius 3 is 2.07 bits per heavy atom. The first-order valence-corrected chi connectivity index (χ1v) is 19.8. The summed E-state index contributed by atoms with van der Waals surface area (Å²) in [7, 11) is 0. The molecule has 0 atom stereocenters. The zero-order valence-electron chi connectivity index (χ0n) is 31.5. The molecule has 0 unspecified atom stereocenters. The minimum atomic E-state index is -0.782. The molecule has 0 radical (unpaired) electrons. The van der Waals surface area contributed by atoms with Crippen LogP contribution < -0.4 is 32.9 Å². The van der Waals surface area contributed by atoms with Crippen LogP contribution in [0.1, 0.15) is 43.0 Å². The van der Waals surface area contributed by atoms with Gasteiger partial charge < -0.3 is 42.4 Å². The Morgan fingerprint density at radius 1 is 0.875 bits per heavy atom. The van der Waals surface area contributed by atoms with Gasteiger partial charge in [0.1, 0.15) is 24.5 Å². The van der Waals surface area contributed by atoms with Gasteiger partial charge in [-0.25, -0.2) is 4.58 Å². The number of hydrogen-bond acceptors (Lipinski definition) is 14. The molecule has 21 heteroatoms. The summed E-state index contributed by atoms with van der Waals surface area (Å²) < 4.78 is 17.3. The highest BCUT2D eigenvalue weighted by Gasteiger charge is 2.36. The third-order valence-corrected chi connectivity index (χ3v) is 10.9. The van der Waals surface area contributed by atoms with Gasteiger partial charge in [-0.05, 0) is 56.7 Å². The highest BCUT2D eigenvalue weighted by Crippen LogP contribution is 2.41. The number of Topliss-reactive ketones (excluding diaryl/α,β-unsaturated/α-hetero) is 2. The number of anilines is 1. The van der Waals surface area contributed by atoms with Crippen LogP contribution in [0.2, 0.25) is 0 Å². The summed E-state index contributed by atoms with van der Waals surface area (Å²) in [6.07, 6.45) is 8.69. The lowest BCUT2D eigenvalue weighted by atomic mass is 10.1. The van der Waals surface area contributed by atoms with Crippen LogP contribution in [0, 0.1) is 0 Å². The van der Waals surface area contributed by atoms with Gasteiger partial charge in [-0.15, -0.1) is 21.5 Å². The lowest BCUT2D eigenvalue weighted by Gasteiger charge is -2.20. The molecule has 0 saturated carbocycles. The molecule has 0 amide bonds. The largest absolute Gasteiger partial charge is 0.871 e. The monoisotopic (exact) mass is 808 g/mol. The number of rotatable bonds is 22. The number of nitrogens with zero attached hydrogens (tertiary/aromatic N) is 10. The van der Waals surface area contributed by atoms with Gasteiger partial charge in [0, 0.05) is 66.3 Å². The Labute approximate surface area is 332 Å². The van der Waals surface area contributed by atoms with Crippen molar-refractivity contribution in [3.63, 3.8) is 0 Å². The number of carbonyl (C=O) groups excluding carboxylic acids is 2. The van der Waals surface area contributed by atoms with E-state index in [0.29, 0.717) is 100.0 Å². The second kappa shape index (κ2) is 20.5. The summed E-state index contributed by atoms with van der Waals surface area (Å²) in [6, 6.07) is 3.59. The number of aryl methyl sites for hydroxylation is 2. The first kappa shape index (κ1) is 41.8. The normalized spacial score (nSPS) is 16.3. The Bertz CT molecular complexity index is 2030. The average Bonchev–Trinajstić information content (AvgIpc) is 4.02. The number of aromatic nitrogens is 6. The van der Waals surface area contributed by atoms with Gasteiger partial charge in [-0.1, -0.05) is 16.2 Å². The van der Waals surface area contributed by atoms with Crippen LogP contribution in [-0.4, -0.2) is 116 Å². The van der Waals surface area contributed by atoms with E-state index in [4.69, 9.17) is 32.4 Å². The lowest BCUT2D eigenvalue weighted by Crippen LogP contribution is -2.26. The fourth-order valence-corrected chi connectivity index (χ4v) is 8.00. The smallest absolute Gasteiger partial charge is 0.239 e. The van der Waals surface area contributed by atoms with Gasteiger partial charge in [0.15, 0.2) is 18.5 Å². The molecule has 4 heterocycles. The Balaban J connectivity index is 1.13. The van der Waals surface area contributed by atoms with Gasteiger partial charge in [0.2, 0.25) is 16.6 Å². The van der Waals surface area contributed by atoms with Crippen LogP contribution in [-0.2, 0) is 45.4 Å². The first-order chi connectivity index (χ1) is 27.1. The number of allylic oxidation sites excluding steroid dienone is 3. The Morgan fingerprint density at radius 2 is 1.48 bits per heavy atom. The summed E-state index contributed by atoms with van der Waals surface area (Å²) in [5.74, 6) is -1.99. The number of thioether (sulfide) groups is 1. The van der Waals surface area contributed by atoms with Crippen molar-refractivity contribution in [2.45, 2.75) is 53.0 Å². The van der Waals surface area contributed by atoms with Crippen LogP contribution >= 0.6 is 23.1 Å². The molecular formula is C35H48N14O5S2. The van der Waals surface area contributed by atoms with E-state index in [1.54, 1.807) is 21.5 Å². The molecule has 56 heavy (non-hydrogen) atoms. The fraction of sp³-hybridized carbons (Fsp3) is 0.457. The summed E-state index contributed by atoms with van der Waals surface area (Å²) >= 11 is 2.60. The first-order valence-electron chi connectivity index (χ1n) is 18.2. The number of thiophene rings is 1. The summed E-state index contributed by atoms with van der Waals surface area (Å²) in [6.45, 7) is 10.2. The summed E-state index contributed by atoms with van der Waals surface area (Å²) in [5, 5.41) is 31.9. The average molecular weight is 809 g/mol. The third kappa shape index (κ3) is 11.3. The Hall–Kier alpha value is -5.38. The van der Waals surface area contributed by atoms with Crippen molar-refractivity contribution in [2.75, 3.05) is 57.4 Å². The van der Waals surface area contributed by atoms with Gasteiger partial charge in [-0.2, -0.15) is 0 Å². The topological polar surface area (TPSA) is 272 Å². The fourth-order valence-electron chi connectivity index (χ4n) is 5.73. The highest BCUT2D eigenvalue weighted by atomic mass is 32.2. The number of likely N-dealkylation sites (N-methyl/N-ethyl adjacent to an activating group) is 2.